The second kappa shape index (κ2) is 6.29. The zero-order valence-corrected chi connectivity index (χ0v) is 11.2. The Morgan fingerprint density at radius 1 is 1.40 bits per heavy atom. The van der Waals surface area contributed by atoms with Gasteiger partial charge in [0.1, 0.15) is 0 Å². The van der Waals surface area contributed by atoms with Crippen LogP contribution in [0.2, 0.25) is 0 Å². The van der Waals surface area contributed by atoms with Crippen molar-refractivity contribution in [1.29, 1.82) is 0 Å². The highest BCUT2D eigenvalue weighted by Gasteiger charge is 2.22. The maximum atomic E-state index is 2.45. The summed E-state index contributed by atoms with van der Waals surface area (Å²) < 4.78 is 0. The lowest BCUT2D eigenvalue weighted by Crippen LogP contribution is -2.16. The molecule has 1 aliphatic rings. The Balaban J connectivity index is 0.000000245. The summed E-state index contributed by atoms with van der Waals surface area (Å²) in [5.41, 5.74) is 0. The van der Waals surface area contributed by atoms with E-state index in [-0.39, 0.29) is 0 Å². The molecule has 2 rings (SSSR count). The lowest BCUT2D eigenvalue weighted by molar-refractivity contribution is 0.321. The summed E-state index contributed by atoms with van der Waals surface area (Å²) in [5.74, 6) is 0.833. The molecule has 1 aromatic heterocycles. The summed E-state index contributed by atoms with van der Waals surface area (Å²) in [6, 6.07) is 5.11. The number of nitrogens with zero attached hydrogens (tertiary/aromatic N) is 1. The topological polar surface area (TPSA) is 3.24 Å². The predicted octanol–water partition coefficient (Wildman–Crippen LogP) is 4.18. The average Bonchev–Trinajstić information content (AvgIpc) is 2.71. The Morgan fingerprint density at radius 3 is 2.47 bits per heavy atom. The zero-order chi connectivity index (χ0) is 11.3. The first-order valence-electron chi connectivity index (χ1n) is 5.85. The molecule has 1 fully saturated rings. The van der Waals surface area contributed by atoms with E-state index < -0.39 is 0 Å². The van der Waals surface area contributed by atoms with Crippen molar-refractivity contribution in [2.75, 3.05) is 13.6 Å². The number of hydrogen-bond donors (Lipinski definition) is 0. The lowest BCUT2D eigenvalue weighted by Gasteiger charge is -2.17. The molecular weight excluding hydrogens is 202 g/mol. The Kier molecular flexibility index (Phi) is 5.34. The van der Waals surface area contributed by atoms with E-state index in [1.165, 1.54) is 24.3 Å². The molecule has 1 nitrogen and oxygen atoms in total. The van der Waals surface area contributed by atoms with E-state index in [4.69, 9.17) is 0 Å². The molecule has 0 radical (unpaired) electrons. The highest BCUT2D eigenvalue weighted by Crippen LogP contribution is 2.32. The van der Waals surface area contributed by atoms with Crippen LogP contribution in [0.5, 0.6) is 0 Å². The van der Waals surface area contributed by atoms with Crippen LogP contribution in [0.1, 0.15) is 44.5 Å². The summed E-state index contributed by atoms with van der Waals surface area (Å²) in [5, 5.41) is 2.17. The normalized spacial score (nSPS) is 21.5. The minimum Gasteiger partial charge on any atom is -0.299 e. The molecule has 2 heterocycles. The lowest BCUT2D eigenvalue weighted by atomic mass is 10.2. The van der Waals surface area contributed by atoms with Gasteiger partial charge in [0, 0.05) is 10.9 Å². The first kappa shape index (κ1) is 12.7. The number of hydrogen-bond acceptors (Lipinski definition) is 2. The maximum Gasteiger partial charge on any atom is 0.0438 e. The molecule has 1 atom stereocenters. The summed E-state index contributed by atoms with van der Waals surface area (Å²) >= 11 is 1.88. The monoisotopic (exact) mass is 225 g/mol. The van der Waals surface area contributed by atoms with Crippen LogP contribution >= 0.6 is 11.3 Å². The second-order valence-corrected chi connectivity index (χ2v) is 5.87. The van der Waals surface area contributed by atoms with Gasteiger partial charge in [-0.25, -0.2) is 0 Å². The SMILES string of the molecule is CC(C)C.CN1CCCC1c1cccs1. The fraction of sp³-hybridized carbons (Fsp3) is 0.692. The van der Waals surface area contributed by atoms with Crippen molar-refractivity contribution in [3.63, 3.8) is 0 Å². The van der Waals surface area contributed by atoms with Gasteiger partial charge in [-0.05, 0) is 43.8 Å². The van der Waals surface area contributed by atoms with Gasteiger partial charge in [0.25, 0.3) is 0 Å². The minimum absolute atomic E-state index is 0.718. The molecule has 0 N–H and O–H groups in total. The van der Waals surface area contributed by atoms with Crippen molar-refractivity contribution in [3.8, 4) is 0 Å². The first-order chi connectivity index (χ1) is 7.11. The molecule has 1 saturated heterocycles. The van der Waals surface area contributed by atoms with Gasteiger partial charge in [-0.2, -0.15) is 0 Å². The number of likely N-dealkylation sites (tertiary alicyclic amines) is 1. The van der Waals surface area contributed by atoms with Crippen LogP contribution in [0.15, 0.2) is 17.5 Å². The van der Waals surface area contributed by atoms with E-state index in [1.54, 1.807) is 0 Å². The fourth-order valence-corrected chi connectivity index (χ4v) is 2.68. The predicted molar refractivity (Wildman–Crippen MR) is 69.4 cm³/mol. The van der Waals surface area contributed by atoms with Crippen LogP contribution in [0.25, 0.3) is 0 Å². The molecule has 86 valence electrons. The van der Waals surface area contributed by atoms with Crippen LogP contribution in [0.3, 0.4) is 0 Å². The molecule has 0 saturated carbocycles. The molecule has 0 spiro atoms. The van der Waals surface area contributed by atoms with Gasteiger partial charge in [-0.3, -0.25) is 4.90 Å². The van der Waals surface area contributed by atoms with Gasteiger partial charge >= 0.3 is 0 Å². The molecule has 2 heteroatoms. The van der Waals surface area contributed by atoms with Gasteiger partial charge in [0.15, 0.2) is 0 Å². The zero-order valence-electron chi connectivity index (χ0n) is 10.4. The smallest absolute Gasteiger partial charge is 0.0438 e. The molecule has 0 amide bonds. The molecule has 15 heavy (non-hydrogen) atoms. The molecule has 1 unspecified atom stereocenters. The molecule has 0 aromatic carbocycles. The summed E-state index contributed by atoms with van der Waals surface area (Å²) in [6.07, 6.45) is 2.70. The number of rotatable bonds is 1. The van der Waals surface area contributed by atoms with E-state index in [0.29, 0.717) is 0 Å². The molecule has 1 aromatic rings. The van der Waals surface area contributed by atoms with Gasteiger partial charge in [-0.15, -0.1) is 11.3 Å². The molecule has 1 aliphatic heterocycles. The van der Waals surface area contributed by atoms with Crippen LogP contribution in [-0.4, -0.2) is 18.5 Å². The van der Waals surface area contributed by atoms with E-state index in [0.717, 1.165) is 12.0 Å². The maximum absolute atomic E-state index is 2.45. The van der Waals surface area contributed by atoms with Crippen LogP contribution in [0, 0.1) is 5.92 Å². The van der Waals surface area contributed by atoms with Crippen molar-refractivity contribution in [1.82, 2.24) is 4.90 Å². The van der Waals surface area contributed by atoms with Crippen LogP contribution in [0.4, 0.5) is 0 Å². The van der Waals surface area contributed by atoms with Crippen molar-refractivity contribution >= 4 is 11.3 Å². The summed E-state index contributed by atoms with van der Waals surface area (Å²) in [6.45, 7) is 7.77. The van der Waals surface area contributed by atoms with Gasteiger partial charge in [0.05, 0.1) is 0 Å². The summed E-state index contributed by atoms with van der Waals surface area (Å²) in [4.78, 5) is 3.98. The van der Waals surface area contributed by atoms with Gasteiger partial charge in [-0.1, -0.05) is 26.8 Å². The van der Waals surface area contributed by atoms with E-state index >= 15 is 0 Å². The minimum atomic E-state index is 0.718. The van der Waals surface area contributed by atoms with Gasteiger partial charge in [0.2, 0.25) is 0 Å². The Morgan fingerprint density at radius 2 is 2.07 bits per heavy atom. The largest absolute Gasteiger partial charge is 0.299 e. The van der Waals surface area contributed by atoms with Crippen molar-refractivity contribution in [2.45, 2.75) is 39.7 Å². The Labute approximate surface area is 98.1 Å². The third-order valence-corrected chi connectivity index (χ3v) is 3.37. The number of thiophene rings is 1. The Hall–Kier alpha value is -0.340. The first-order valence-corrected chi connectivity index (χ1v) is 6.73. The molecule has 0 bridgehead atoms. The highest BCUT2D eigenvalue weighted by molar-refractivity contribution is 7.10. The van der Waals surface area contributed by atoms with Crippen molar-refractivity contribution < 1.29 is 0 Å². The summed E-state index contributed by atoms with van der Waals surface area (Å²) in [7, 11) is 2.22. The van der Waals surface area contributed by atoms with Gasteiger partial charge < -0.3 is 0 Å². The van der Waals surface area contributed by atoms with E-state index in [1.807, 2.05) is 11.3 Å². The highest BCUT2D eigenvalue weighted by atomic mass is 32.1. The Bertz CT molecular complexity index is 251. The third-order valence-electron chi connectivity index (χ3n) is 2.39. The molecular formula is C13H23NS. The van der Waals surface area contributed by atoms with E-state index in [2.05, 4.69) is 50.2 Å². The van der Waals surface area contributed by atoms with Crippen molar-refractivity contribution in [3.05, 3.63) is 22.4 Å². The van der Waals surface area contributed by atoms with E-state index in [9.17, 15) is 0 Å². The van der Waals surface area contributed by atoms with Crippen LogP contribution < -0.4 is 0 Å². The van der Waals surface area contributed by atoms with Crippen LogP contribution in [-0.2, 0) is 0 Å². The molecule has 0 aliphatic carbocycles. The van der Waals surface area contributed by atoms with Crippen molar-refractivity contribution in [2.24, 2.45) is 5.92 Å². The quantitative estimate of drug-likeness (QED) is 0.693. The third kappa shape index (κ3) is 4.35. The average molecular weight is 225 g/mol. The fourth-order valence-electron chi connectivity index (χ4n) is 1.75. The second-order valence-electron chi connectivity index (χ2n) is 4.89. The standard InChI is InChI=1S/C9H13NS.C4H10/c1-10-6-2-4-8(10)9-5-3-7-11-9;1-4(2)3/h3,5,7-8H,2,4,6H2,1H3;4H,1-3H3.